The zero-order valence-corrected chi connectivity index (χ0v) is 8.68. The van der Waals surface area contributed by atoms with Gasteiger partial charge >= 0.3 is 0 Å². The zero-order valence-electron chi connectivity index (χ0n) is 8.68. The summed E-state index contributed by atoms with van der Waals surface area (Å²) in [5.74, 6) is 0.367. The predicted octanol–water partition coefficient (Wildman–Crippen LogP) is 2.52. The number of nitrogens with one attached hydrogen (secondary N) is 1. The molecule has 2 rings (SSSR count). The molecular formula is C13H11N2O. The van der Waals surface area contributed by atoms with Gasteiger partial charge in [0.1, 0.15) is 5.82 Å². The Morgan fingerprint density at radius 1 is 1.19 bits per heavy atom. The van der Waals surface area contributed by atoms with E-state index in [1.165, 1.54) is 0 Å². The lowest BCUT2D eigenvalue weighted by molar-refractivity contribution is 0.102. The van der Waals surface area contributed by atoms with Gasteiger partial charge in [-0.15, -0.1) is 0 Å². The van der Waals surface area contributed by atoms with Crippen LogP contribution in [0.1, 0.15) is 15.9 Å². The number of carbonyl (C=O) groups excluding carboxylic acids is 1. The van der Waals surface area contributed by atoms with Crippen molar-refractivity contribution < 1.29 is 4.79 Å². The Hall–Kier alpha value is -2.16. The summed E-state index contributed by atoms with van der Waals surface area (Å²) in [7, 11) is 0. The summed E-state index contributed by atoms with van der Waals surface area (Å²) >= 11 is 0. The van der Waals surface area contributed by atoms with Crippen LogP contribution < -0.4 is 5.32 Å². The molecule has 1 N–H and O–H groups in total. The maximum atomic E-state index is 11.8. The third kappa shape index (κ3) is 2.45. The first kappa shape index (κ1) is 10.4. The first-order chi connectivity index (χ1) is 7.75. The fourth-order valence-corrected chi connectivity index (χ4v) is 1.34. The number of aromatic nitrogens is 1. The minimum absolute atomic E-state index is 0.177. The number of anilines is 1. The number of pyridine rings is 1. The van der Waals surface area contributed by atoms with E-state index in [0.717, 1.165) is 5.56 Å². The molecule has 0 fully saturated rings. The van der Waals surface area contributed by atoms with Gasteiger partial charge in [0.15, 0.2) is 0 Å². The fraction of sp³-hybridized carbons (Fsp3) is 0. The van der Waals surface area contributed by atoms with Crippen molar-refractivity contribution >= 4 is 11.7 Å². The average Bonchev–Trinajstić information content (AvgIpc) is 2.30. The van der Waals surface area contributed by atoms with E-state index in [-0.39, 0.29) is 5.91 Å². The predicted molar refractivity (Wildman–Crippen MR) is 63.1 cm³/mol. The quantitative estimate of drug-likeness (QED) is 0.829. The van der Waals surface area contributed by atoms with Crippen LogP contribution in [-0.4, -0.2) is 10.9 Å². The number of hydrogen-bond acceptors (Lipinski definition) is 2. The van der Waals surface area contributed by atoms with Crippen LogP contribution in [0, 0.1) is 6.92 Å². The average molecular weight is 211 g/mol. The van der Waals surface area contributed by atoms with Gasteiger partial charge in [0, 0.05) is 11.8 Å². The number of nitrogens with zero attached hydrogens (tertiary/aromatic N) is 1. The molecule has 3 heteroatoms. The first-order valence-electron chi connectivity index (χ1n) is 4.90. The monoisotopic (exact) mass is 211 g/mol. The van der Waals surface area contributed by atoms with Crippen LogP contribution in [0.5, 0.6) is 0 Å². The number of hydrogen-bond donors (Lipinski definition) is 1. The Labute approximate surface area is 94.1 Å². The molecule has 79 valence electrons. The summed E-state index contributed by atoms with van der Waals surface area (Å²) < 4.78 is 0. The van der Waals surface area contributed by atoms with Crippen molar-refractivity contribution in [3.8, 4) is 0 Å². The fourth-order valence-electron chi connectivity index (χ4n) is 1.34. The van der Waals surface area contributed by atoms with Crippen LogP contribution in [-0.2, 0) is 0 Å². The maximum absolute atomic E-state index is 11.8. The highest BCUT2D eigenvalue weighted by Gasteiger charge is 2.05. The van der Waals surface area contributed by atoms with Gasteiger partial charge in [-0.1, -0.05) is 18.2 Å². The van der Waals surface area contributed by atoms with Crippen LogP contribution in [0.15, 0.2) is 48.7 Å². The molecule has 0 aliphatic rings. The van der Waals surface area contributed by atoms with E-state index in [2.05, 4.69) is 17.2 Å². The van der Waals surface area contributed by atoms with Gasteiger partial charge in [-0.2, -0.15) is 0 Å². The van der Waals surface area contributed by atoms with Gasteiger partial charge in [0.25, 0.3) is 5.91 Å². The lowest BCUT2D eigenvalue weighted by Crippen LogP contribution is -2.12. The SMILES string of the molecule is [CH2]c1cccc(C(=O)Nc2ccccn2)c1. The summed E-state index contributed by atoms with van der Waals surface area (Å²) in [4.78, 5) is 15.8. The van der Waals surface area contributed by atoms with Gasteiger partial charge in [0.05, 0.1) is 0 Å². The molecule has 1 amide bonds. The van der Waals surface area contributed by atoms with Crippen LogP contribution in [0.3, 0.4) is 0 Å². The molecule has 1 aromatic heterocycles. The molecule has 1 heterocycles. The lowest BCUT2D eigenvalue weighted by Gasteiger charge is -2.04. The molecule has 0 saturated carbocycles. The second kappa shape index (κ2) is 4.57. The second-order valence-corrected chi connectivity index (χ2v) is 3.37. The Morgan fingerprint density at radius 3 is 2.75 bits per heavy atom. The lowest BCUT2D eigenvalue weighted by atomic mass is 10.1. The number of rotatable bonds is 2. The molecule has 1 aromatic carbocycles. The minimum Gasteiger partial charge on any atom is -0.307 e. The third-order valence-corrected chi connectivity index (χ3v) is 2.10. The number of carbonyl (C=O) groups is 1. The van der Waals surface area contributed by atoms with E-state index >= 15 is 0 Å². The van der Waals surface area contributed by atoms with Gasteiger partial charge < -0.3 is 5.32 Å². The normalized spacial score (nSPS) is 9.81. The Balaban J connectivity index is 2.15. The van der Waals surface area contributed by atoms with Crippen molar-refractivity contribution in [1.29, 1.82) is 0 Å². The van der Waals surface area contributed by atoms with Crippen molar-refractivity contribution in [1.82, 2.24) is 4.98 Å². The van der Waals surface area contributed by atoms with Crippen molar-refractivity contribution in [2.24, 2.45) is 0 Å². The summed E-state index contributed by atoms with van der Waals surface area (Å²) in [5, 5.41) is 2.71. The van der Waals surface area contributed by atoms with Gasteiger partial charge in [-0.25, -0.2) is 4.98 Å². The minimum atomic E-state index is -0.177. The topological polar surface area (TPSA) is 42.0 Å². The molecular weight excluding hydrogens is 200 g/mol. The smallest absolute Gasteiger partial charge is 0.256 e. The first-order valence-corrected chi connectivity index (χ1v) is 4.90. The van der Waals surface area contributed by atoms with Crippen LogP contribution in [0.2, 0.25) is 0 Å². The summed E-state index contributed by atoms with van der Waals surface area (Å²) in [5.41, 5.74) is 1.40. The molecule has 2 aromatic rings. The molecule has 16 heavy (non-hydrogen) atoms. The van der Waals surface area contributed by atoms with Gasteiger partial charge in [-0.3, -0.25) is 4.79 Å². The van der Waals surface area contributed by atoms with E-state index in [1.54, 1.807) is 36.5 Å². The van der Waals surface area contributed by atoms with Crippen LogP contribution in [0.4, 0.5) is 5.82 Å². The van der Waals surface area contributed by atoms with Crippen molar-refractivity contribution in [3.05, 3.63) is 66.7 Å². The van der Waals surface area contributed by atoms with Gasteiger partial charge in [-0.05, 0) is 36.8 Å². The molecule has 3 nitrogen and oxygen atoms in total. The van der Waals surface area contributed by atoms with E-state index in [9.17, 15) is 4.79 Å². The third-order valence-electron chi connectivity index (χ3n) is 2.10. The summed E-state index contributed by atoms with van der Waals surface area (Å²) in [6.07, 6.45) is 1.63. The highest BCUT2D eigenvalue weighted by Crippen LogP contribution is 2.07. The molecule has 1 radical (unpaired) electrons. The van der Waals surface area contributed by atoms with E-state index in [1.807, 2.05) is 12.1 Å². The van der Waals surface area contributed by atoms with Crippen LogP contribution >= 0.6 is 0 Å². The number of benzene rings is 1. The second-order valence-electron chi connectivity index (χ2n) is 3.37. The van der Waals surface area contributed by atoms with Crippen molar-refractivity contribution in [3.63, 3.8) is 0 Å². The summed E-state index contributed by atoms with van der Waals surface area (Å²) in [6.45, 7) is 3.78. The van der Waals surface area contributed by atoms with E-state index in [0.29, 0.717) is 11.4 Å². The molecule has 0 bridgehead atoms. The standard InChI is InChI=1S/C13H11N2O/c1-10-5-4-6-11(9-10)13(16)15-12-7-2-3-8-14-12/h2-9H,1H2,(H,14,15,16). The summed E-state index contributed by atoms with van der Waals surface area (Å²) in [6, 6.07) is 12.5. The molecule has 0 saturated heterocycles. The van der Waals surface area contributed by atoms with E-state index < -0.39 is 0 Å². The molecule has 0 atom stereocenters. The van der Waals surface area contributed by atoms with Gasteiger partial charge in [0.2, 0.25) is 0 Å². The Bertz CT molecular complexity index is 494. The molecule has 0 aliphatic heterocycles. The Morgan fingerprint density at radius 2 is 2.06 bits per heavy atom. The highest BCUT2D eigenvalue weighted by atomic mass is 16.1. The van der Waals surface area contributed by atoms with E-state index in [4.69, 9.17) is 0 Å². The van der Waals surface area contributed by atoms with Crippen molar-refractivity contribution in [2.75, 3.05) is 5.32 Å². The Kier molecular flexibility index (Phi) is 2.96. The molecule has 0 unspecified atom stereocenters. The van der Waals surface area contributed by atoms with Crippen LogP contribution in [0.25, 0.3) is 0 Å². The molecule has 0 spiro atoms. The number of amides is 1. The largest absolute Gasteiger partial charge is 0.307 e. The molecule has 0 aliphatic carbocycles. The highest BCUT2D eigenvalue weighted by molar-refractivity contribution is 6.03. The maximum Gasteiger partial charge on any atom is 0.256 e. The van der Waals surface area contributed by atoms with Crippen molar-refractivity contribution in [2.45, 2.75) is 0 Å². The zero-order chi connectivity index (χ0) is 11.4.